The number of amides is 2. The van der Waals surface area contributed by atoms with Gasteiger partial charge in [-0.1, -0.05) is 65.5 Å². The Morgan fingerprint density at radius 1 is 1.00 bits per heavy atom. The Hall–Kier alpha value is -2.98. The van der Waals surface area contributed by atoms with Crippen molar-refractivity contribution in [2.45, 2.75) is 16.2 Å². The number of hydrogen-bond donors (Lipinski definition) is 0. The van der Waals surface area contributed by atoms with Crippen LogP contribution in [-0.4, -0.2) is 34.4 Å². The lowest BCUT2D eigenvalue weighted by Gasteiger charge is -2.31. The number of thiocarbonyl (C=S) groups is 1. The van der Waals surface area contributed by atoms with Crippen molar-refractivity contribution in [1.29, 1.82) is 0 Å². The molecule has 0 radical (unpaired) electrons. The number of halogens is 1. The Bertz CT molecular complexity index is 1480. The molecule has 0 spiro atoms. The van der Waals surface area contributed by atoms with E-state index in [1.165, 1.54) is 16.7 Å². The molecular weight excluding hydrogens is 536 g/mol. The van der Waals surface area contributed by atoms with Crippen LogP contribution in [0, 0.1) is 0 Å². The molecule has 3 aromatic rings. The van der Waals surface area contributed by atoms with Gasteiger partial charge in [0, 0.05) is 27.8 Å². The predicted molar refractivity (Wildman–Crippen MR) is 146 cm³/mol. The quantitative estimate of drug-likeness (QED) is 0.271. The third-order valence-corrected chi connectivity index (χ3v) is 8.60. The molecule has 1 saturated heterocycles. The number of benzene rings is 3. The number of hydrogen-bond acceptors (Lipinski definition) is 7. The number of para-hydroxylation sites is 1. The molecule has 0 unspecified atom stereocenters. The second-order valence-electron chi connectivity index (χ2n) is 8.11. The van der Waals surface area contributed by atoms with Gasteiger partial charge in [0.1, 0.15) is 4.32 Å². The van der Waals surface area contributed by atoms with Crippen LogP contribution in [0.1, 0.15) is 12.0 Å². The fourth-order valence-electron chi connectivity index (χ4n) is 4.16. The van der Waals surface area contributed by atoms with E-state index in [4.69, 9.17) is 33.3 Å². The molecule has 0 saturated carbocycles. The third kappa shape index (κ3) is 4.26. The maximum atomic E-state index is 13.5. The lowest BCUT2D eigenvalue weighted by Crippen LogP contribution is -2.35. The smallest absolute Gasteiger partial charge is 0.266 e. The fourth-order valence-corrected chi connectivity index (χ4v) is 6.68. The zero-order valence-corrected chi connectivity index (χ0v) is 21.8. The van der Waals surface area contributed by atoms with Crippen molar-refractivity contribution < 1.29 is 19.1 Å². The zero-order chi connectivity index (χ0) is 24.8. The van der Waals surface area contributed by atoms with Crippen LogP contribution in [0.3, 0.4) is 0 Å². The molecule has 3 aromatic carbocycles. The second kappa shape index (κ2) is 9.48. The van der Waals surface area contributed by atoms with Crippen molar-refractivity contribution in [3.05, 3.63) is 76.2 Å². The van der Waals surface area contributed by atoms with E-state index in [1.807, 2.05) is 54.6 Å². The number of nitrogens with zero attached hydrogens (tertiary/aromatic N) is 2. The number of carbonyl (C=O) groups is 2. The average molecular weight is 553 g/mol. The molecule has 3 heterocycles. The van der Waals surface area contributed by atoms with Gasteiger partial charge in [0.25, 0.3) is 5.91 Å². The Kier molecular flexibility index (Phi) is 6.17. The van der Waals surface area contributed by atoms with Crippen molar-refractivity contribution in [3.63, 3.8) is 0 Å². The highest BCUT2D eigenvalue weighted by Gasteiger charge is 2.34. The van der Waals surface area contributed by atoms with E-state index in [-0.39, 0.29) is 31.6 Å². The summed E-state index contributed by atoms with van der Waals surface area (Å²) in [5, 5.41) is 0.553. The molecule has 2 amide bonds. The normalized spacial score (nSPS) is 17.0. The Morgan fingerprint density at radius 3 is 2.69 bits per heavy atom. The summed E-state index contributed by atoms with van der Waals surface area (Å²) in [6.45, 7) is 0.371. The molecule has 0 atom stereocenters. The lowest BCUT2D eigenvalue weighted by molar-refractivity contribution is -0.123. The summed E-state index contributed by atoms with van der Waals surface area (Å²) in [5.41, 5.74) is 2.35. The zero-order valence-electron chi connectivity index (χ0n) is 18.6. The van der Waals surface area contributed by atoms with Gasteiger partial charge >= 0.3 is 0 Å². The van der Waals surface area contributed by atoms with Gasteiger partial charge in [0.15, 0.2) is 11.5 Å². The molecular formula is C26H17ClN2O4S3. The van der Waals surface area contributed by atoms with E-state index in [0.29, 0.717) is 25.7 Å². The van der Waals surface area contributed by atoms with Gasteiger partial charge in [-0.05, 0) is 54.1 Å². The van der Waals surface area contributed by atoms with Gasteiger partial charge in [-0.3, -0.25) is 19.4 Å². The van der Waals surface area contributed by atoms with Gasteiger partial charge < -0.3 is 9.47 Å². The van der Waals surface area contributed by atoms with Crippen LogP contribution in [0.5, 0.6) is 11.5 Å². The Morgan fingerprint density at radius 2 is 1.81 bits per heavy atom. The molecule has 6 nitrogen and oxygen atoms in total. The van der Waals surface area contributed by atoms with Gasteiger partial charge in [0.2, 0.25) is 12.7 Å². The SMILES string of the molecule is O=C1/C(=C/c2ccc3c(c2)OCO3)SC(=S)N1CCC(=O)N1c2ccccc2Sc2ccc(Cl)cc21. The summed E-state index contributed by atoms with van der Waals surface area (Å²) in [7, 11) is 0. The van der Waals surface area contributed by atoms with E-state index in [2.05, 4.69) is 0 Å². The molecule has 180 valence electrons. The molecule has 6 rings (SSSR count). The van der Waals surface area contributed by atoms with Crippen molar-refractivity contribution in [2.24, 2.45) is 0 Å². The van der Waals surface area contributed by atoms with E-state index in [9.17, 15) is 9.59 Å². The van der Waals surface area contributed by atoms with E-state index >= 15 is 0 Å². The first-order valence-corrected chi connectivity index (χ1v) is 13.4. The molecule has 3 aliphatic heterocycles. The maximum Gasteiger partial charge on any atom is 0.266 e. The first kappa shape index (κ1) is 23.4. The highest BCUT2D eigenvalue weighted by Crippen LogP contribution is 2.49. The van der Waals surface area contributed by atoms with Gasteiger partial charge in [-0.25, -0.2) is 0 Å². The number of thioether (sulfide) groups is 1. The van der Waals surface area contributed by atoms with Crippen molar-refractivity contribution in [1.82, 2.24) is 4.90 Å². The lowest BCUT2D eigenvalue weighted by atomic mass is 10.2. The summed E-state index contributed by atoms with van der Waals surface area (Å²) in [4.78, 5) is 32.3. The summed E-state index contributed by atoms with van der Waals surface area (Å²) in [6.07, 6.45) is 1.88. The van der Waals surface area contributed by atoms with Crippen LogP contribution in [0.15, 0.2) is 75.4 Å². The first-order chi connectivity index (χ1) is 17.5. The molecule has 3 aliphatic rings. The summed E-state index contributed by atoms with van der Waals surface area (Å²) >= 11 is 14.6. The van der Waals surface area contributed by atoms with Crippen LogP contribution >= 0.6 is 47.3 Å². The molecule has 0 N–H and O–H groups in total. The van der Waals surface area contributed by atoms with Crippen molar-refractivity contribution >= 4 is 80.9 Å². The number of fused-ring (bicyclic) bond motifs is 3. The number of rotatable bonds is 4. The minimum atomic E-state index is -0.214. The predicted octanol–water partition coefficient (Wildman–Crippen LogP) is 6.49. The Balaban J connectivity index is 1.21. The number of ether oxygens (including phenoxy) is 2. The van der Waals surface area contributed by atoms with Gasteiger partial charge in [-0.2, -0.15) is 0 Å². The maximum absolute atomic E-state index is 13.5. The van der Waals surface area contributed by atoms with Crippen LogP contribution in [-0.2, 0) is 9.59 Å². The van der Waals surface area contributed by atoms with Gasteiger partial charge in [0.05, 0.1) is 16.3 Å². The summed E-state index contributed by atoms with van der Waals surface area (Å²) < 4.78 is 11.2. The van der Waals surface area contributed by atoms with Crippen molar-refractivity contribution in [3.8, 4) is 11.5 Å². The fraction of sp³-hybridized carbons (Fsp3) is 0.115. The Labute approximate surface area is 226 Å². The van der Waals surface area contributed by atoms with Crippen LogP contribution in [0.25, 0.3) is 6.08 Å². The number of carbonyl (C=O) groups excluding carboxylic acids is 2. The third-order valence-electron chi connectivity index (χ3n) is 5.85. The summed E-state index contributed by atoms with van der Waals surface area (Å²) in [5.74, 6) is 0.970. The molecule has 36 heavy (non-hydrogen) atoms. The standard InChI is InChI=1S/C26H17ClN2O4S3/c27-16-6-8-22-18(13-16)29(17-3-1-2-4-21(17)35-22)24(30)9-10-28-25(31)23(36-26(28)34)12-15-5-7-19-20(11-15)33-14-32-19/h1-8,11-13H,9-10,14H2/b23-12-. The van der Waals surface area contributed by atoms with E-state index < -0.39 is 0 Å². The topological polar surface area (TPSA) is 59.1 Å². The highest BCUT2D eigenvalue weighted by molar-refractivity contribution is 8.26. The van der Waals surface area contributed by atoms with E-state index in [0.717, 1.165) is 26.7 Å². The molecule has 0 bridgehead atoms. The first-order valence-electron chi connectivity index (χ1n) is 11.0. The highest BCUT2D eigenvalue weighted by atomic mass is 35.5. The number of anilines is 2. The van der Waals surface area contributed by atoms with Crippen LogP contribution in [0.4, 0.5) is 11.4 Å². The molecule has 0 aliphatic carbocycles. The molecule has 1 fully saturated rings. The monoisotopic (exact) mass is 552 g/mol. The average Bonchev–Trinajstić information content (AvgIpc) is 3.44. The molecule has 10 heteroatoms. The second-order valence-corrected chi connectivity index (χ2v) is 11.3. The van der Waals surface area contributed by atoms with Crippen LogP contribution < -0.4 is 14.4 Å². The van der Waals surface area contributed by atoms with E-state index in [1.54, 1.807) is 28.8 Å². The minimum absolute atomic E-state index is 0.106. The summed E-state index contributed by atoms with van der Waals surface area (Å²) in [6, 6.07) is 18.8. The van der Waals surface area contributed by atoms with Gasteiger partial charge in [-0.15, -0.1) is 0 Å². The largest absolute Gasteiger partial charge is 0.454 e. The van der Waals surface area contributed by atoms with Crippen LogP contribution in [0.2, 0.25) is 5.02 Å². The molecule has 0 aromatic heterocycles. The minimum Gasteiger partial charge on any atom is -0.454 e. The van der Waals surface area contributed by atoms with Crippen molar-refractivity contribution in [2.75, 3.05) is 18.2 Å².